The third-order valence-corrected chi connectivity index (χ3v) is 3.91. The number of hydrogen-bond acceptors (Lipinski definition) is 3. The second-order valence-electron chi connectivity index (χ2n) is 5.24. The van der Waals surface area contributed by atoms with Crippen LogP contribution in [-0.2, 0) is 6.42 Å². The van der Waals surface area contributed by atoms with Crippen LogP contribution >= 0.6 is 0 Å². The maximum absolute atomic E-state index is 12.7. The molecule has 21 heavy (non-hydrogen) atoms. The van der Waals surface area contributed by atoms with E-state index in [1.165, 1.54) is 4.68 Å². The lowest BCUT2D eigenvalue weighted by Gasteiger charge is -2.09. The van der Waals surface area contributed by atoms with Crippen molar-refractivity contribution in [2.45, 2.75) is 13.3 Å². The Hall–Kier alpha value is -2.62. The first-order chi connectivity index (χ1) is 10.2. The Morgan fingerprint density at radius 2 is 1.95 bits per heavy atom. The summed E-state index contributed by atoms with van der Waals surface area (Å²) in [5, 5.41) is 6.06. The summed E-state index contributed by atoms with van der Waals surface area (Å²) in [5.74, 6) is 0.907. The summed E-state index contributed by atoms with van der Waals surface area (Å²) in [5.41, 5.74) is 2.68. The van der Waals surface area contributed by atoms with Gasteiger partial charge in [0, 0.05) is 11.8 Å². The first-order valence-corrected chi connectivity index (χ1v) is 6.99. The molecule has 1 aliphatic rings. The number of aromatic nitrogens is 2. The Morgan fingerprint density at radius 3 is 2.81 bits per heavy atom. The van der Waals surface area contributed by atoms with Crippen molar-refractivity contribution in [2.24, 2.45) is 0 Å². The standard InChI is InChI=1S/C17H14N2O2/c1-11-14-4-2-3-5-15(14)17(20)19(18-11)13-6-7-16-12(10-13)8-9-21-16/h2-7,10H,8-9H2,1H3. The van der Waals surface area contributed by atoms with Gasteiger partial charge in [0.25, 0.3) is 5.56 Å². The summed E-state index contributed by atoms with van der Waals surface area (Å²) >= 11 is 0. The maximum Gasteiger partial charge on any atom is 0.279 e. The number of nitrogens with zero attached hydrogens (tertiary/aromatic N) is 2. The SMILES string of the molecule is Cc1nn(-c2ccc3c(c2)CCO3)c(=O)c2ccccc12. The molecule has 2 aromatic carbocycles. The monoisotopic (exact) mass is 278 g/mol. The Kier molecular flexibility index (Phi) is 2.57. The molecule has 0 aliphatic carbocycles. The van der Waals surface area contributed by atoms with Gasteiger partial charge >= 0.3 is 0 Å². The average Bonchev–Trinajstić information content (AvgIpc) is 2.98. The van der Waals surface area contributed by atoms with Crippen LogP contribution in [0.3, 0.4) is 0 Å². The molecule has 4 nitrogen and oxygen atoms in total. The second-order valence-corrected chi connectivity index (χ2v) is 5.24. The molecule has 0 unspecified atom stereocenters. The highest BCUT2D eigenvalue weighted by Gasteiger charge is 2.15. The fourth-order valence-electron chi connectivity index (χ4n) is 2.83. The van der Waals surface area contributed by atoms with E-state index in [0.29, 0.717) is 12.0 Å². The predicted molar refractivity (Wildman–Crippen MR) is 81.3 cm³/mol. The van der Waals surface area contributed by atoms with Crippen LogP contribution < -0.4 is 10.3 Å². The molecule has 0 N–H and O–H groups in total. The van der Waals surface area contributed by atoms with Crippen LogP contribution in [0.2, 0.25) is 0 Å². The lowest BCUT2D eigenvalue weighted by Crippen LogP contribution is -2.22. The summed E-state index contributed by atoms with van der Waals surface area (Å²) in [4.78, 5) is 12.7. The topological polar surface area (TPSA) is 44.1 Å². The van der Waals surface area contributed by atoms with Gasteiger partial charge in [0.15, 0.2) is 0 Å². The zero-order chi connectivity index (χ0) is 14.4. The predicted octanol–water partition coefficient (Wildman–Crippen LogP) is 2.63. The molecule has 104 valence electrons. The van der Waals surface area contributed by atoms with Gasteiger partial charge in [0.05, 0.1) is 23.4 Å². The first kappa shape index (κ1) is 12.1. The average molecular weight is 278 g/mol. The van der Waals surface area contributed by atoms with Crippen molar-refractivity contribution in [3.05, 3.63) is 64.1 Å². The number of ether oxygens (including phenoxy) is 1. The largest absolute Gasteiger partial charge is 0.493 e. The van der Waals surface area contributed by atoms with Gasteiger partial charge in [0.1, 0.15) is 5.75 Å². The van der Waals surface area contributed by atoms with Gasteiger partial charge in [-0.25, -0.2) is 0 Å². The maximum atomic E-state index is 12.7. The highest BCUT2D eigenvalue weighted by Crippen LogP contribution is 2.27. The molecule has 0 fully saturated rings. The fourth-order valence-corrected chi connectivity index (χ4v) is 2.83. The molecule has 1 aromatic heterocycles. The van der Waals surface area contributed by atoms with E-state index in [1.807, 2.05) is 49.4 Å². The van der Waals surface area contributed by atoms with Crippen molar-refractivity contribution in [3.63, 3.8) is 0 Å². The second kappa shape index (κ2) is 4.45. The number of benzene rings is 2. The number of hydrogen-bond donors (Lipinski definition) is 0. The molecule has 4 heteroatoms. The van der Waals surface area contributed by atoms with E-state index in [9.17, 15) is 4.79 Å². The summed E-state index contributed by atoms with van der Waals surface area (Å²) < 4.78 is 6.99. The van der Waals surface area contributed by atoms with Crippen LogP contribution in [0.4, 0.5) is 0 Å². The Labute approximate surface area is 121 Å². The molecule has 0 spiro atoms. The van der Waals surface area contributed by atoms with Crippen LogP contribution in [0.1, 0.15) is 11.3 Å². The molecule has 0 atom stereocenters. The van der Waals surface area contributed by atoms with Gasteiger partial charge in [-0.1, -0.05) is 18.2 Å². The van der Waals surface area contributed by atoms with Crippen molar-refractivity contribution in [1.29, 1.82) is 0 Å². The van der Waals surface area contributed by atoms with Crippen molar-refractivity contribution < 1.29 is 4.74 Å². The zero-order valence-electron chi connectivity index (χ0n) is 11.7. The highest BCUT2D eigenvalue weighted by atomic mass is 16.5. The van der Waals surface area contributed by atoms with Crippen LogP contribution in [0.25, 0.3) is 16.5 Å². The van der Waals surface area contributed by atoms with Crippen molar-refractivity contribution in [2.75, 3.05) is 6.61 Å². The molecule has 1 aliphatic heterocycles. The van der Waals surface area contributed by atoms with E-state index >= 15 is 0 Å². The lowest BCUT2D eigenvalue weighted by molar-refractivity contribution is 0.357. The number of aryl methyl sites for hydroxylation is 1. The van der Waals surface area contributed by atoms with Gasteiger partial charge in [0.2, 0.25) is 0 Å². The van der Waals surface area contributed by atoms with Crippen molar-refractivity contribution in [1.82, 2.24) is 9.78 Å². The Bertz CT molecular complexity index is 912. The molecule has 0 bridgehead atoms. The molecule has 0 saturated heterocycles. The molecular weight excluding hydrogens is 264 g/mol. The van der Waals surface area contributed by atoms with E-state index in [1.54, 1.807) is 0 Å². The minimum absolute atomic E-state index is 0.0879. The smallest absolute Gasteiger partial charge is 0.279 e. The zero-order valence-corrected chi connectivity index (χ0v) is 11.7. The van der Waals surface area contributed by atoms with E-state index in [4.69, 9.17) is 4.74 Å². The van der Waals surface area contributed by atoms with Gasteiger partial charge in [-0.3, -0.25) is 4.79 Å². The fraction of sp³-hybridized carbons (Fsp3) is 0.176. The summed E-state index contributed by atoms with van der Waals surface area (Å²) in [6, 6.07) is 13.4. The van der Waals surface area contributed by atoms with Crippen LogP contribution in [0.15, 0.2) is 47.3 Å². The highest BCUT2D eigenvalue weighted by molar-refractivity contribution is 5.83. The minimum atomic E-state index is -0.0879. The van der Waals surface area contributed by atoms with Crippen LogP contribution in [0, 0.1) is 6.92 Å². The normalized spacial score (nSPS) is 13.2. The molecular formula is C17H14N2O2. The Morgan fingerprint density at radius 1 is 1.14 bits per heavy atom. The Balaban J connectivity index is 1.99. The van der Waals surface area contributed by atoms with Gasteiger partial charge in [-0.05, 0) is 36.8 Å². The van der Waals surface area contributed by atoms with Crippen LogP contribution in [0.5, 0.6) is 5.75 Å². The van der Waals surface area contributed by atoms with E-state index < -0.39 is 0 Å². The summed E-state index contributed by atoms with van der Waals surface area (Å²) in [7, 11) is 0. The van der Waals surface area contributed by atoms with Gasteiger partial charge in [-0.15, -0.1) is 0 Å². The molecule has 0 radical (unpaired) electrons. The van der Waals surface area contributed by atoms with Gasteiger partial charge < -0.3 is 4.74 Å². The molecule has 4 rings (SSSR count). The third kappa shape index (κ3) is 1.83. The first-order valence-electron chi connectivity index (χ1n) is 6.99. The van der Waals surface area contributed by atoms with E-state index in [-0.39, 0.29) is 5.56 Å². The van der Waals surface area contributed by atoms with Crippen molar-refractivity contribution >= 4 is 10.8 Å². The molecule has 0 amide bonds. The minimum Gasteiger partial charge on any atom is -0.493 e. The summed E-state index contributed by atoms with van der Waals surface area (Å²) in [6.07, 6.45) is 0.879. The lowest BCUT2D eigenvalue weighted by atomic mass is 10.1. The quantitative estimate of drug-likeness (QED) is 0.687. The van der Waals surface area contributed by atoms with Gasteiger partial charge in [-0.2, -0.15) is 9.78 Å². The third-order valence-electron chi connectivity index (χ3n) is 3.91. The molecule has 3 aromatic rings. The number of fused-ring (bicyclic) bond motifs is 2. The molecule has 2 heterocycles. The van der Waals surface area contributed by atoms with Crippen molar-refractivity contribution in [3.8, 4) is 11.4 Å². The van der Waals surface area contributed by atoms with E-state index in [2.05, 4.69) is 5.10 Å². The number of rotatable bonds is 1. The summed E-state index contributed by atoms with van der Waals surface area (Å²) in [6.45, 7) is 2.63. The van der Waals surface area contributed by atoms with Crippen LogP contribution in [-0.4, -0.2) is 16.4 Å². The van der Waals surface area contributed by atoms with E-state index in [0.717, 1.165) is 34.5 Å². The molecule has 0 saturated carbocycles.